The standard InChI is InChI=1S/C24H25N3O2S/c1-25-23(28)19-7-11-26-21(16-19)27-12-9-24(10-13-27)22-18(8-14-29-24)15-20(30-22)17-5-3-2-4-6-17/h2-7,11,15-16H,8-10,12-14H2,1H3,(H,25,28). The van der Waals surface area contributed by atoms with Gasteiger partial charge in [0, 0.05) is 41.7 Å². The van der Waals surface area contributed by atoms with Crippen LogP contribution in [-0.2, 0) is 16.8 Å². The summed E-state index contributed by atoms with van der Waals surface area (Å²) in [5.74, 6) is 0.776. The zero-order valence-electron chi connectivity index (χ0n) is 17.1. The fourth-order valence-corrected chi connectivity index (χ4v) is 5.93. The summed E-state index contributed by atoms with van der Waals surface area (Å²) < 4.78 is 6.44. The summed E-state index contributed by atoms with van der Waals surface area (Å²) in [5.41, 5.74) is 3.17. The molecule has 1 aromatic carbocycles. The average Bonchev–Trinajstić information content (AvgIpc) is 3.26. The molecule has 1 saturated heterocycles. The summed E-state index contributed by atoms with van der Waals surface area (Å²) in [6.45, 7) is 2.51. The Bertz CT molecular complexity index is 1060. The van der Waals surface area contributed by atoms with Crippen molar-refractivity contribution in [3.63, 3.8) is 0 Å². The number of thiophene rings is 1. The van der Waals surface area contributed by atoms with E-state index in [0.717, 1.165) is 44.8 Å². The zero-order chi connectivity index (χ0) is 20.6. The van der Waals surface area contributed by atoms with Gasteiger partial charge in [-0.25, -0.2) is 4.98 Å². The second kappa shape index (κ2) is 7.85. The van der Waals surface area contributed by atoms with Crippen LogP contribution in [-0.4, -0.2) is 37.6 Å². The molecule has 4 heterocycles. The fraction of sp³-hybridized carbons (Fsp3) is 0.333. The van der Waals surface area contributed by atoms with Crippen LogP contribution in [0, 0.1) is 0 Å². The molecule has 2 aliphatic rings. The largest absolute Gasteiger partial charge is 0.369 e. The van der Waals surface area contributed by atoms with E-state index in [1.54, 1.807) is 19.3 Å². The highest BCUT2D eigenvalue weighted by atomic mass is 32.1. The number of piperidine rings is 1. The lowest BCUT2D eigenvalue weighted by Gasteiger charge is -2.44. The monoisotopic (exact) mass is 419 g/mol. The minimum Gasteiger partial charge on any atom is -0.369 e. The number of hydrogen-bond donors (Lipinski definition) is 1. The number of anilines is 1. The van der Waals surface area contributed by atoms with Crippen molar-refractivity contribution in [2.75, 3.05) is 31.6 Å². The Labute approximate surface area is 180 Å². The molecule has 2 aliphatic heterocycles. The third-order valence-electron chi connectivity index (χ3n) is 6.16. The molecule has 5 nitrogen and oxygen atoms in total. The summed E-state index contributed by atoms with van der Waals surface area (Å²) in [6, 6.07) is 16.6. The van der Waals surface area contributed by atoms with E-state index in [4.69, 9.17) is 4.74 Å². The third-order valence-corrected chi connectivity index (χ3v) is 7.57. The Morgan fingerprint density at radius 1 is 1.17 bits per heavy atom. The summed E-state index contributed by atoms with van der Waals surface area (Å²) in [6.07, 6.45) is 4.56. The van der Waals surface area contributed by atoms with Gasteiger partial charge in [-0.05, 0) is 48.6 Å². The van der Waals surface area contributed by atoms with E-state index >= 15 is 0 Å². The topological polar surface area (TPSA) is 54.5 Å². The van der Waals surface area contributed by atoms with Gasteiger partial charge < -0.3 is 15.0 Å². The van der Waals surface area contributed by atoms with Gasteiger partial charge in [0.2, 0.25) is 0 Å². The Kier molecular flexibility index (Phi) is 5.05. The second-order valence-corrected chi connectivity index (χ2v) is 8.94. The molecule has 0 unspecified atom stereocenters. The smallest absolute Gasteiger partial charge is 0.251 e. The maximum absolute atomic E-state index is 12.0. The van der Waals surface area contributed by atoms with E-state index in [-0.39, 0.29) is 11.5 Å². The van der Waals surface area contributed by atoms with E-state index in [1.165, 1.54) is 20.9 Å². The molecule has 1 amide bonds. The number of hydrogen-bond acceptors (Lipinski definition) is 5. The van der Waals surface area contributed by atoms with Gasteiger partial charge in [-0.2, -0.15) is 0 Å². The number of pyridine rings is 1. The normalized spacial score (nSPS) is 17.6. The van der Waals surface area contributed by atoms with E-state index < -0.39 is 0 Å². The molecule has 2 aromatic heterocycles. The van der Waals surface area contributed by atoms with Crippen LogP contribution in [0.25, 0.3) is 10.4 Å². The SMILES string of the molecule is CNC(=O)c1ccnc(N2CCC3(CC2)OCCc2cc(-c4ccccc4)sc23)c1. The van der Waals surface area contributed by atoms with Crippen molar-refractivity contribution in [1.82, 2.24) is 10.3 Å². The molecule has 154 valence electrons. The van der Waals surface area contributed by atoms with E-state index in [9.17, 15) is 4.79 Å². The Morgan fingerprint density at radius 3 is 2.73 bits per heavy atom. The summed E-state index contributed by atoms with van der Waals surface area (Å²) in [7, 11) is 1.65. The highest BCUT2D eigenvalue weighted by Gasteiger charge is 2.42. The average molecular weight is 420 g/mol. The van der Waals surface area contributed by atoms with Gasteiger partial charge >= 0.3 is 0 Å². The maximum Gasteiger partial charge on any atom is 0.251 e. The van der Waals surface area contributed by atoms with Gasteiger partial charge in [-0.15, -0.1) is 11.3 Å². The van der Waals surface area contributed by atoms with Crippen molar-refractivity contribution < 1.29 is 9.53 Å². The Morgan fingerprint density at radius 2 is 1.97 bits per heavy atom. The van der Waals surface area contributed by atoms with E-state index in [0.29, 0.717) is 5.56 Å². The first kappa shape index (κ1) is 19.3. The van der Waals surface area contributed by atoms with Crippen LogP contribution in [0.5, 0.6) is 0 Å². The molecule has 0 bridgehead atoms. The first-order valence-electron chi connectivity index (χ1n) is 10.4. The lowest BCUT2D eigenvalue weighted by atomic mass is 9.85. The molecule has 5 rings (SSSR count). The van der Waals surface area contributed by atoms with Gasteiger partial charge in [-0.3, -0.25) is 4.79 Å². The first-order chi connectivity index (χ1) is 14.7. The van der Waals surface area contributed by atoms with Crippen molar-refractivity contribution in [2.45, 2.75) is 24.9 Å². The van der Waals surface area contributed by atoms with Crippen LogP contribution < -0.4 is 10.2 Å². The van der Waals surface area contributed by atoms with Gasteiger partial charge in [0.05, 0.1) is 6.61 Å². The molecular formula is C24H25N3O2S. The number of nitrogens with one attached hydrogen (secondary N) is 1. The van der Waals surface area contributed by atoms with Crippen LogP contribution >= 0.6 is 11.3 Å². The van der Waals surface area contributed by atoms with Crippen molar-refractivity contribution in [2.24, 2.45) is 0 Å². The number of benzene rings is 1. The number of nitrogens with zero attached hydrogens (tertiary/aromatic N) is 2. The lowest BCUT2D eigenvalue weighted by molar-refractivity contribution is -0.0735. The molecule has 3 aromatic rings. The molecule has 0 atom stereocenters. The predicted octanol–water partition coefficient (Wildman–Crippen LogP) is 4.24. The summed E-state index contributed by atoms with van der Waals surface area (Å²) >= 11 is 1.89. The number of rotatable bonds is 3. The molecule has 6 heteroatoms. The van der Waals surface area contributed by atoms with Crippen molar-refractivity contribution in [3.8, 4) is 10.4 Å². The van der Waals surface area contributed by atoms with Crippen molar-refractivity contribution in [1.29, 1.82) is 0 Å². The number of ether oxygens (including phenoxy) is 1. The number of amides is 1. The van der Waals surface area contributed by atoms with Gasteiger partial charge in [0.15, 0.2) is 0 Å². The van der Waals surface area contributed by atoms with Crippen LogP contribution in [0.15, 0.2) is 54.7 Å². The number of aromatic nitrogens is 1. The van der Waals surface area contributed by atoms with Gasteiger partial charge in [0.1, 0.15) is 11.4 Å². The Hall–Kier alpha value is -2.70. The molecule has 0 radical (unpaired) electrons. The predicted molar refractivity (Wildman–Crippen MR) is 120 cm³/mol. The fourth-order valence-electron chi connectivity index (χ4n) is 4.51. The first-order valence-corrected chi connectivity index (χ1v) is 11.3. The summed E-state index contributed by atoms with van der Waals surface area (Å²) in [4.78, 5) is 21.5. The lowest BCUT2D eigenvalue weighted by Crippen LogP contribution is -2.46. The molecule has 1 fully saturated rings. The van der Waals surface area contributed by atoms with Crippen LogP contribution in [0.3, 0.4) is 0 Å². The van der Waals surface area contributed by atoms with E-state index in [2.05, 4.69) is 51.6 Å². The zero-order valence-corrected chi connectivity index (χ0v) is 17.9. The number of carbonyl (C=O) groups is 1. The molecular weight excluding hydrogens is 394 g/mol. The number of carbonyl (C=O) groups excluding carboxylic acids is 1. The highest BCUT2D eigenvalue weighted by molar-refractivity contribution is 7.15. The van der Waals surface area contributed by atoms with Crippen molar-refractivity contribution in [3.05, 3.63) is 70.7 Å². The maximum atomic E-state index is 12.0. The molecule has 0 aliphatic carbocycles. The van der Waals surface area contributed by atoms with E-state index in [1.807, 2.05) is 17.4 Å². The van der Waals surface area contributed by atoms with Gasteiger partial charge in [0.25, 0.3) is 5.91 Å². The highest BCUT2D eigenvalue weighted by Crippen LogP contribution is 2.47. The van der Waals surface area contributed by atoms with Crippen LogP contribution in [0.2, 0.25) is 0 Å². The summed E-state index contributed by atoms with van der Waals surface area (Å²) in [5, 5.41) is 2.68. The van der Waals surface area contributed by atoms with Crippen molar-refractivity contribution >= 4 is 23.1 Å². The number of fused-ring (bicyclic) bond motifs is 2. The Balaban J connectivity index is 1.38. The molecule has 1 N–H and O–H groups in total. The minimum atomic E-state index is -0.194. The molecule has 1 spiro atoms. The van der Waals surface area contributed by atoms with Crippen LogP contribution in [0.1, 0.15) is 33.6 Å². The van der Waals surface area contributed by atoms with Crippen LogP contribution in [0.4, 0.5) is 5.82 Å². The minimum absolute atomic E-state index is 0.0839. The third kappa shape index (κ3) is 3.40. The second-order valence-electron chi connectivity index (χ2n) is 7.89. The van der Waals surface area contributed by atoms with Gasteiger partial charge in [-0.1, -0.05) is 30.3 Å². The quantitative estimate of drug-likeness (QED) is 0.690. The molecule has 30 heavy (non-hydrogen) atoms. The molecule has 0 saturated carbocycles.